The highest BCUT2D eigenvalue weighted by atomic mass is 32.1. The van der Waals surface area contributed by atoms with Gasteiger partial charge in [-0.05, 0) is 73.6 Å². The molecular formula is C24H28N4S. The molecule has 2 aromatic heterocycles. The Bertz CT molecular complexity index is 1050. The van der Waals surface area contributed by atoms with Crippen molar-refractivity contribution in [3.8, 4) is 11.3 Å². The van der Waals surface area contributed by atoms with Crippen molar-refractivity contribution in [2.45, 2.75) is 51.0 Å². The molecule has 1 N–H and O–H groups in total. The van der Waals surface area contributed by atoms with Crippen molar-refractivity contribution in [1.82, 2.24) is 14.8 Å². The fourth-order valence-electron chi connectivity index (χ4n) is 6.54. The number of aromatic nitrogens is 3. The van der Waals surface area contributed by atoms with Crippen LogP contribution in [0.4, 0.5) is 5.69 Å². The van der Waals surface area contributed by atoms with Crippen LogP contribution >= 0.6 is 11.3 Å². The number of anilines is 1. The zero-order valence-corrected chi connectivity index (χ0v) is 18.0. The highest BCUT2D eigenvalue weighted by Crippen LogP contribution is 2.59. The first kappa shape index (κ1) is 17.7. The van der Waals surface area contributed by atoms with Crippen LogP contribution in [0.5, 0.6) is 0 Å². The molecule has 2 fully saturated rings. The minimum Gasteiger partial charge on any atom is -0.376 e. The Hall–Kier alpha value is -2.14. The van der Waals surface area contributed by atoms with Crippen LogP contribution < -0.4 is 5.32 Å². The summed E-state index contributed by atoms with van der Waals surface area (Å²) < 4.78 is 2.07. The maximum atomic E-state index is 4.74. The molecule has 5 atom stereocenters. The highest BCUT2D eigenvalue weighted by molar-refractivity contribution is 7.09. The Morgan fingerprint density at radius 1 is 1.14 bits per heavy atom. The predicted octanol–water partition coefficient (Wildman–Crippen LogP) is 5.93. The number of thiazole rings is 1. The van der Waals surface area contributed by atoms with Crippen LogP contribution in [0.3, 0.4) is 0 Å². The monoisotopic (exact) mass is 404 g/mol. The second-order valence-electron chi connectivity index (χ2n) is 9.17. The summed E-state index contributed by atoms with van der Waals surface area (Å²) in [5.74, 6) is 3.04. The maximum absolute atomic E-state index is 4.74. The molecule has 1 aromatic carbocycles. The van der Waals surface area contributed by atoms with E-state index >= 15 is 0 Å². The molecule has 0 amide bonds. The maximum Gasteiger partial charge on any atom is 0.0901 e. The minimum atomic E-state index is 0.360. The number of nitrogens with zero attached hydrogens (tertiary/aromatic N) is 3. The van der Waals surface area contributed by atoms with E-state index in [1.807, 2.05) is 6.20 Å². The lowest BCUT2D eigenvalue weighted by Crippen LogP contribution is -2.41. The molecule has 5 unspecified atom stereocenters. The largest absolute Gasteiger partial charge is 0.376 e. The Kier molecular flexibility index (Phi) is 4.09. The molecule has 2 aliphatic carbocycles. The van der Waals surface area contributed by atoms with Gasteiger partial charge in [0.15, 0.2) is 0 Å². The molecule has 29 heavy (non-hydrogen) atoms. The summed E-state index contributed by atoms with van der Waals surface area (Å²) in [7, 11) is 2.09. The lowest BCUT2D eigenvalue weighted by molar-refractivity contribution is 0.127. The number of rotatable bonds is 2. The summed E-state index contributed by atoms with van der Waals surface area (Å²) in [6, 6.07) is 9.54. The molecule has 0 radical (unpaired) electrons. The number of aryl methyl sites for hydroxylation is 2. The Morgan fingerprint density at radius 3 is 2.86 bits per heavy atom. The van der Waals surface area contributed by atoms with E-state index in [9.17, 15) is 0 Å². The van der Waals surface area contributed by atoms with Crippen LogP contribution in [0.15, 0.2) is 35.8 Å². The van der Waals surface area contributed by atoms with E-state index in [1.54, 1.807) is 11.3 Å². The van der Waals surface area contributed by atoms with Crippen molar-refractivity contribution in [1.29, 1.82) is 0 Å². The lowest BCUT2D eigenvalue weighted by atomic mass is 9.61. The third-order valence-corrected chi connectivity index (χ3v) is 8.54. The molecule has 3 aliphatic rings. The topological polar surface area (TPSA) is 42.7 Å². The summed E-state index contributed by atoms with van der Waals surface area (Å²) >= 11 is 1.74. The first-order chi connectivity index (χ1) is 14.2. The number of hydrogen-bond donors (Lipinski definition) is 1. The van der Waals surface area contributed by atoms with E-state index in [2.05, 4.69) is 58.7 Å². The molecule has 0 saturated heterocycles. The molecule has 3 aromatic rings. The fourth-order valence-corrected chi connectivity index (χ4v) is 7.16. The SMILES string of the molecule is Cc1nc(-c2ccc3c(c2)C2CCC4CCCC4C2C(c2ccnn2C)N3)cs1. The molecule has 4 nitrogen and oxygen atoms in total. The fraction of sp³-hybridized carbons (Fsp3) is 0.500. The quantitative estimate of drug-likeness (QED) is 0.576. The van der Waals surface area contributed by atoms with Crippen LogP contribution in [0, 0.1) is 24.7 Å². The first-order valence-electron chi connectivity index (χ1n) is 11.0. The molecule has 2 saturated carbocycles. The van der Waals surface area contributed by atoms with E-state index in [0.717, 1.165) is 22.5 Å². The molecule has 0 bridgehead atoms. The average Bonchev–Trinajstić information content (AvgIpc) is 3.47. The van der Waals surface area contributed by atoms with Crippen molar-refractivity contribution in [3.63, 3.8) is 0 Å². The van der Waals surface area contributed by atoms with Crippen LogP contribution in [0.1, 0.15) is 60.3 Å². The van der Waals surface area contributed by atoms with E-state index in [0.29, 0.717) is 17.9 Å². The second-order valence-corrected chi connectivity index (χ2v) is 10.2. The van der Waals surface area contributed by atoms with Crippen molar-refractivity contribution in [2.24, 2.45) is 24.8 Å². The summed E-state index contributed by atoms with van der Waals surface area (Å²) in [5.41, 5.74) is 6.54. The van der Waals surface area contributed by atoms with Gasteiger partial charge in [-0.15, -0.1) is 11.3 Å². The Balaban J connectivity index is 1.47. The zero-order chi connectivity index (χ0) is 19.5. The Morgan fingerprint density at radius 2 is 2.07 bits per heavy atom. The summed E-state index contributed by atoms with van der Waals surface area (Å²) in [4.78, 5) is 4.74. The molecule has 0 spiro atoms. The summed E-state index contributed by atoms with van der Waals surface area (Å²) in [5, 5.41) is 11.8. The van der Waals surface area contributed by atoms with Gasteiger partial charge in [0.2, 0.25) is 0 Å². The van der Waals surface area contributed by atoms with E-state index in [4.69, 9.17) is 4.98 Å². The predicted molar refractivity (Wildman–Crippen MR) is 118 cm³/mol. The van der Waals surface area contributed by atoms with Crippen molar-refractivity contribution in [2.75, 3.05) is 5.32 Å². The molecule has 3 heterocycles. The Labute approximate surface area is 176 Å². The zero-order valence-electron chi connectivity index (χ0n) is 17.1. The van der Waals surface area contributed by atoms with Gasteiger partial charge in [-0.3, -0.25) is 4.68 Å². The van der Waals surface area contributed by atoms with Crippen LogP contribution in [0.25, 0.3) is 11.3 Å². The smallest absolute Gasteiger partial charge is 0.0901 e. The molecule has 5 heteroatoms. The van der Waals surface area contributed by atoms with Crippen molar-refractivity contribution >= 4 is 17.0 Å². The lowest BCUT2D eigenvalue weighted by Gasteiger charge is -2.49. The van der Waals surface area contributed by atoms with E-state index in [-0.39, 0.29) is 0 Å². The van der Waals surface area contributed by atoms with Crippen LogP contribution in [-0.4, -0.2) is 14.8 Å². The summed E-state index contributed by atoms with van der Waals surface area (Å²) in [6.07, 6.45) is 8.88. The van der Waals surface area contributed by atoms with Gasteiger partial charge in [-0.1, -0.05) is 18.9 Å². The van der Waals surface area contributed by atoms with Gasteiger partial charge in [-0.2, -0.15) is 5.10 Å². The van der Waals surface area contributed by atoms with Crippen molar-refractivity contribution < 1.29 is 0 Å². The number of hydrogen-bond acceptors (Lipinski definition) is 4. The third-order valence-electron chi connectivity index (χ3n) is 7.76. The number of benzene rings is 1. The molecular weight excluding hydrogens is 376 g/mol. The van der Waals surface area contributed by atoms with Crippen LogP contribution in [-0.2, 0) is 7.05 Å². The van der Waals surface area contributed by atoms with Gasteiger partial charge in [0.05, 0.1) is 22.4 Å². The summed E-state index contributed by atoms with van der Waals surface area (Å²) in [6.45, 7) is 2.09. The van der Waals surface area contributed by atoms with Crippen molar-refractivity contribution in [3.05, 3.63) is 52.1 Å². The normalized spacial score (nSPS) is 30.3. The number of nitrogens with one attached hydrogen (secondary N) is 1. The molecule has 1 aliphatic heterocycles. The first-order valence-corrected chi connectivity index (χ1v) is 11.9. The molecule has 6 rings (SSSR count). The number of fused-ring (bicyclic) bond motifs is 5. The minimum absolute atomic E-state index is 0.360. The standard InChI is InChI=1S/C24H28N4S/c1-14-26-21(13-29-14)16-7-9-20-19(12-16)18-8-6-15-4-3-5-17(15)23(18)24(27-20)22-10-11-25-28(22)2/h7,9-13,15,17-18,23-24,27H,3-6,8H2,1-2H3. The molecule has 150 valence electrons. The van der Waals surface area contributed by atoms with Gasteiger partial charge in [0.1, 0.15) is 0 Å². The van der Waals surface area contributed by atoms with Gasteiger partial charge in [-0.25, -0.2) is 4.98 Å². The van der Waals surface area contributed by atoms with Crippen LogP contribution in [0.2, 0.25) is 0 Å². The van der Waals surface area contributed by atoms with Gasteiger partial charge in [0, 0.05) is 29.9 Å². The highest BCUT2D eigenvalue weighted by Gasteiger charge is 2.49. The second kappa shape index (κ2) is 6.69. The van der Waals surface area contributed by atoms with E-state index < -0.39 is 0 Å². The average molecular weight is 405 g/mol. The van der Waals surface area contributed by atoms with Gasteiger partial charge < -0.3 is 5.32 Å². The van der Waals surface area contributed by atoms with Gasteiger partial charge >= 0.3 is 0 Å². The third kappa shape index (κ3) is 2.77. The van der Waals surface area contributed by atoms with Gasteiger partial charge in [0.25, 0.3) is 0 Å². The van der Waals surface area contributed by atoms with E-state index in [1.165, 1.54) is 54.6 Å².